The molecule has 0 spiro atoms. The average Bonchev–Trinajstić information content (AvgIpc) is 2.58. The van der Waals surface area contributed by atoms with Gasteiger partial charge in [-0.05, 0) is 36.4 Å². The van der Waals surface area contributed by atoms with E-state index in [2.05, 4.69) is 0 Å². The number of benzene rings is 3. The van der Waals surface area contributed by atoms with Crippen molar-refractivity contribution in [3.05, 3.63) is 91.4 Å². The van der Waals surface area contributed by atoms with Gasteiger partial charge in [0, 0.05) is 42.8 Å². The van der Waals surface area contributed by atoms with Gasteiger partial charge < -0.3 is 10.2 Å². The van der Waals surface area contributed by atoms with Gasteiger partial charge in [0.2, 0.25) is 0 Å². The van der Waals surface area contributed by atoms with Crippen LogP contribution in [0.15, 0.2) is 54.6 Å². The quantitative estimate of drug-likeness (QED) is 0.311. The molecule has 3 aromatic carbocycles. The van der Waals surface area contributed by atoms with Gasteiger partial charge in [-0.1, -0.05) is 58.5 Å². The van der Waals surface area contributed by atoms with Gasteiger partial charge in [-0.25, -0.2) is 0 Å². The summed E-state index contributed by atoms with van der Waals surface area (Å²) in [6.07, 6.45) is 0. The van der Waals surface area contributed by atoms with E-state index in [1.807, 2.05) is 0 Å². The fraction of sp³-hybridized carbons (Fsp3) is 0.0526. The highest BCUT2D eigenvalue weighted by molar-refractivity contribution is 7.87. The van der Waals surface area contributed by atoms with E-state index in [0.29, 0.717) is 0 Å². The van der Waals surface area contributed by atoms with Gasteiger partial charge >= 0.3 is 0 Å². The molecule has 0 saturated carbocycles. The Morgan fingerprint density at radius 1 is 0.690 bits per heavy atom. The van der Waals surface area contributed by atoms with Gasteiger partial charge in [-0.15, -0.1) is 0 Å². The number of aromatic hydroxyl groups is 2. The van der Waals surface area contributed by atoms with Gasteiger partial charge in [-0.3, -0.25) is 4.55 Å². The van der Waals surface area contributed by atoms with E-state index in [-0.39, 0.29) is 42.5 Å². The summed E-state index contributed by atoms with van der Waals surface area (Å²) in [4.78, 5) is 0. The van der Waals surface area contributed by atoms with Crippen LogP contribution < -0.4 is 0 Å². The number of rotatable bonds is 4. The van der Waals surface area contributed by atoms with Crippen molar-refractivity contribution in [1.82, 2.24) is 0 Å². The van der Waals surface area contributed by atoms with Crippen LogP contribution in [0.4, 0.5) is 0 Å². The highest BCUT2D eigenvalue weighted by atomic mass is 35.5. The molecule has 3 N–H and O–H groups in total. The molecule has 3 rings (SSSR count). The molecular formula is C19H12Cl4O5S. The zero-order valence-corrected chi connectivity index (χ0v) is 18.1. The van der Waals surface area contributed by atoms with Gasteiger partial charge in [-0.2, -0.15) is 8.42 Å². The lowest BCUT2D eigenvalue weighted by Crippen LogP contribution is -2.39. The third-order valence-electron chi connectivity index (χ3n) is 4.37. The van der Waals surface area contributed by atoms with Crippen molar-refractivity contribution in [3.8, 4) is 11.5 Å². The predicted octanol–water partition coefficient (Wildman–Crippen LogP) is 5.89. The maximum absolute atomic E-state index is 13.0. The maximum atomic E-state index is 13.0. The Labute approximate surface area is 186 Å². The van der Waals surface area contributed by atoms with E-state index in [4.69, 9.17) is 46.4 Å². The molecule has 29 heavy (non-hydrogen) atoms. The van der Waals surface area contributed by atoms with Crippen LogP contribution in [0.3, 0.4) is 0 Å². The molecule has 0 aliphatic heterocycles. The molecule has 0 amide bonds. The van der Waals surface area contributed by atoms with Crippen molar-refractivity contribution >= 4 is 56.5 Å². The summed E-state index contributed by atoms with van der Waals surface area (Å²) in [5, 5.41) is 20.4. The normalized spacial score (nSPS) is 12.2. The predicted molar refractivity (Wildman–Crippen MR) is 114 cm³/mol. The van der Waals surface area contributed by atoms with Crippen LogP contribution in [0.5, 0.6) is 11.5 Å². The molecule has 0 atom stereocenters. The molecule has 0 fully saturated rings. The molecule has 0 bridgehead atoms. The summed E-state index contributed by atoms with van der Waals surface area (Å²) in [5.74, 6) is -0.931. The summed E-state index contributed by atoms with van der Waals surface area (Å²) in [6, 6.07) is 11.2. The summed E-state index contributed by atoms with van der Waals surface area (Å²) >= 11 is 24.6. The Morgan fingerprint density at radius 2 is 1.14 bits per heavy atom. The molecule has 5 nitrogen and oxygen atoms in total. The highest BCUT2D eigenvalue weighted by Crippen LogP contribution is 2.51. The van der Waals surface area contributed by atoms with E-state index in [0.717, 1.165) is 18.2 Å². The molecule has 10 heteroatoms. The maximum Gasteiger partial charge on any atom is 0.283 e. The third-order valence-corrected chi connectivity index (χ3v) is 6.90. The fourth-order valence-electron chi connectivity index (χ4n) is 3.22. The second kappa shape index (κ2) is 7.87. The van der Waals surface area contributed by atoms with Crippen LogP contribution in [0.2, 0.25) is 20.1 Å². The summed E-state index contributed by atoms with van der Waals surface area (Å²) in [6.45, 7) is 0. The van der Waals surface area contributed by atoms with Gasteiger partial charge in [0.1, 0.15) is 11.5 Å². The van der Waals surface area contributed by atoms with Crippen LogP contribution in [0, 0.1) is 0 Å². The lowest BCUT2D eigenvalue weighted by molar-refractivity contribution is 0.431. The Balaban J connectivity index is 2.60. The molecule has 0 aliphatic rings. The largest absolute Gasteiger partial charge is 0.508 e. The minimum absolute atomic E-state index is 0.103. The first-order valence-electron chi connectivity index (χ1n) is 7.89. The second-order valence-electron chi connectivity index (χ2n) is 6.11. The zero-order chi connectivity index (χ0) is 21.6. The van der Waals surface area contributed by atoms with Gasteiger partial charge in [0.05, 0.1) is 0 Å². The van der Waals surface area contributed by atoms with Crippen molar-refractivity contribution < 1.29 is 23.2 Å². The number of hydrogen-bond donors (Lipinski definition) is 3. The molecule has 152 valence electrons. The van der Waals surface area contributed by atoms with Crippen LogP contribution in [0.25, 0.3) is 0 Å². The Hall–Kier alpha value is -1.67. The SMILES string of the molecule is O=S(=O)(O)C(c1ccc(O)cc1O)(c1ccc(Cl)cc1Cl)c1ccc(Cl)cc1Cl. The Kier molecular flexibility index (Phi) is 5.98. The van der Waals surface area contributed by atoms with Crippen molar-refractivity contribution in [3.63, 3.8) is 0 Å². The molecule has 0 aromatic heterocycles. The molecule has 0 heterocycles. The van der Waals surface area contributed by atoms with Gasteiger partial charge in [0.15, 0.2) is 4.75 Å². The fourth-order valence-corrected chi connectivity index (χ4v) is 5.79. The van der Waals surface area contributed by atoms with E-state index in [1.54, 1.807) is 0 Å². The highest BCUT2D eigenvalue weighted by Gasteiger charge is 2.52. The molecule has 0 unspecified atom stereocenters. The first-order chi connectivity index (χ1) is 13.5. The number of halogens is 4. The summed E-state index contributed by atoms with van der Waals surface area (Å²) in [7, 11) is -5.09. The first kappa shape index (κ1) is 22.0. The van der Waals surface area contributed by atoms with Crippen LogP contribution >= 0.6 is 46.4 Å². The minimum Gasteiger partial charge on any atom is -0.508 e. The number of hydrogen-bond acceptors (Lipinski definition) is 4. The average molecular weight is 494 g/mol. The van der Waals surface area contributed by atoms with E-state index >= 15 is 0 Å². The molecule has 0 saturated heterocycles. The zero-order valence-electron chi connectivity index (χ0n) is 14.3. The van der Waals surface area contributed by atoms with Gasteiger partial charge in [0.25, 0.3) is 10.1 Å². The Morgan fingerprint density at radius 3 is 1.52 bits per heavy atom. The summed E-state index contributed by atoms with van der Waals surface area (Å²) in [5.41, 5.74) is -0.515. The summed E-state index contributed by atoms with van der Waals surface area (Å²) < 4.78 is 34.0. The number of phenols is 2. The van der Waals surface area contributed by atoms with Crippen molar-refractivity contribution in [2.45, 2.75) is 4.75 Å². The topological polar surface area (TPSA) is 94.8 Å². The Bertz CT molecular complexity index is 1090. The standard InChI is InChI=1S/C19H12Cl4O5S/c20-10-1-4-13(16(22)7-10)19(29(26,27)28,14-5-2-11(21)8-17(14)23)15-6-3-12(24)9-18(15)25/h1-9,24-25H,(H,26,27,28). The van der Waals surface area contributed by atoms with Crippen molar-refractivity contribution in [2.75, 3.05) is 0 Å². The van der Waals surface area contributed by atoms with Crippen LogP contribution in [-0.4, -0.2) is 23.2 Å². The number of phenolic OH excluding ortho intramolecular Hbond substituents is 2. The van der Waals surface area contributed by atoms with Crippen LogP contribution in [0.1, 0.15) is 16.7 Å². The van der Waals surface area contributed by atoms with Crippen molar-refractivity contribution in [2.24, 2.45) is 0 Å². The van der Waals surface area contributed by atoms with E-state index in [9.17, 15) is 23.2 Å². The third kappa shape index (κ3) is 3.77. The smallest absolute Gasteiger partial charge is 0.283 e. The monoisotopic (exact) mass is 492 g/mol. The van der Waals surface area contributed by atoms with E-state index < -0.39 is 20.6 Å². The second-order valence-corrected chi connectivity index (χ2v) is 9.36. The molecule has 0 radical (unpaired) electrons. The van der Waals surface area contributed by atoms with Crippen LogP contribution in [-0.2, 0) is 14.9 Å². The van der Waals surface area contributed by atoms with E-state index in [1.165, 1.54) is 36.4 Å². The molecular weight excluding hydrogens is 482 g/mol. The van der Waals surface area contributed by atoms with Crippen molar-refractivity contribution in [1.29, 1.82) is 0 Å². The first-order valence-corrected chi connectivity index (χ1v) is 10.8. The lowest BCUT2D eigenvalue weighted by Gasteiger charge is -2.34. The minimum atomic E-state index is -5.09. The molecule has 3 aromatic rings. The molecule has 0 aliphatic carbocycles. The lowest BCUT2D eigenvalue weighted by atomic mass is 9.83.